The molecule has 2 aromatic rings. The van der Waals surface area contributed by atoms with E-state index in [1.165, 1.54) is 12.1 Å². The fourth-order valence-electron chi connectivity index (χ4n) is 1.76. The number of esters is 1. The van der Waals surface area contributed by atoms with E-state index in [0.717, 1.165) is 11.1 Å². The van der Waals surface area contributed by atoms with Crippen molar-refractivity contribution in [2.24, 2.45) is 0 Å². The van der Waals surface area contributed by atoms with Crippen molar-refractivity contribution < 1.29 is 18.7 Å². The number of halogens is 1. The highest BCUT2D eigenvalue weighted by molar-refractivity contribution is 5.74. The maximum atomic E-state index is 13.3. The summed E-state index contributed by atoms with van der Waals surface area (Å²) in [6, 6.07) is 11.4. The minimum Gasteiger partial charge on any atom is -0.479 e. The predicted octanol–water partition coefficient (Wildman–Crippen LogP) is 3.43. The van der Waals surface area contributed by atoms with Crippen LogP contribution in [0.5, 0.6) is 11.5 Å². The highest BCUT2D eigenvalue weighted by Crippen LogP contribution is 2.19. The number of hydrogen-bond acceptors (Lipinski definition) is 3. The van der Waals surface area contributed by atoms with Gasteiger partial charge in [0.25, 0.3) is 0 Å². The Morgan fingerprint density at radius 1 is 1.10 bits per heavy atom. The van der Waals surface area contributed by atoms with Crippen LogP contribution in [0.25, 0.3) is 0 Å². The van der Waals surface area contributed by atoms with Gasteiger partial charge in [0.05, 0.1) is 0 Å². The van der Waals surface area contributed by atoms with Crippen molar-refractivity contribution >= 4 is 5.97 Å². The Bertz CT molecular complexity index is 623. The average molecular weight is 274 g/mol. The Morgan fingerprint density at radius 2 is 1.85 bits per heavy atom. The second-order valence-electron chi connectivity index (χ2n) is 4.46. The summed E-state index contributed by atoms with van der Waals surface area (Å²) in [6.07, 6.45) is 0. The zero-order valence-corrected chi connectivity index (χ0v) is 11.4. The molecule has 0 amide bonds. The summed E-state index contributed by atoms with van der Waals surface area (Å²) in [5, 5.41) is 0. The summed E-state index contributed by atoms with van der Waals surface area (Å²) in [6.45, 7) is 3.47. The van der Waals surface area contributed by atoms with E-state index < -0.39 is 11.8 Å². The molecule has 104 valence electrons. The van der Waals surface area contributed by atoms with Gasteiger partial charge in [-0.3, -0.25) is 0 Å². The lowest BCUT2D eigenvalue weighted by molar-refractivity contribution is -0.136. The van der Waals surface area contributed by atoms with Crippen LogP contribution >= 0.6 is 0 Å². The van der Waals surface area contributed by atoms with Gasteiger partial charge in [0.2, 0.25) is 0 Å². The van der Waals surface area contributed by atoms with Gasteiger partial charge in [-0.05, 0) is 37.6 Å². The van der Waals surface area contributed by atoms with Gasteiger partial charge in [-0.1, -0.05) is 29.8 Å². The van der Waals surface area contributed by atoms with Crippen molar-refractivity contribution in [3.8, 4) is 11.5 Å². The first-order valence-corrected chi connectivity index (χ1v) is 6.21. The SMILES string of the molecule is Cc1ccc(OC(=O)COc2ccccc2F)c(C)c1. The van der Waals surface area contributed by atoms with E-state index in [1.54, 1.807) is 18.2 Å². The topological polar surface area (TPSA) is 35.5 Å². The fourth-order valence-corrected chi connectivity index (χ4v) is 1.76. The molecule has 0 spiro atoms. The van der Waals surface area contributed by atoms with E-state index in [4.69, 9.17) is 9.47 Å². The molecule has 3 nitrogen and oxygen atoms in total. The lowest BCUT2D eigenvalue weighted by Crippen LogP contribution is -2.18. The highest BCUT2D eigenvalue weighted by atomic mass is 19.1. The minimum atomic E-state index is -0.569. The number of ether oxygens (including phenoxy) is 2. The number of aryl methyl sites for hydroxylation is 2. The third kappa shape index (κ3) is 3.57. The van der Waals surface area contributed by atoms with Gasteiger partial charge < -0.3 is 9.47 Å². The molecule has 2 rings (SSSR count). The number of carbonyl (C=O) groups excluding carboxylic acids is 1. The molecule has 0 heterocycles. The second-order valence-corrected chi connectivity index (χ2v) is 4.46. The van der Waals surface area contributed by atoms with E-state index in [-0.39, 0.29) is 12.4 Å². The molecule has 0 aliphatic heterocycles. The van der Waals surface area contributed by atoms with Crippen LogP contribution in [-0.2, 0) is 4.79 Å². The van der Waals surface area contributed by atoms with E-state index in [9.17, 15) is 9.18 Å². The summed E-state index contributed by atoms with van der Waals surface area (Å²) < 4.78 is 23.6. The molecule has 2 aromatic carbocycles. The predicted molar refractivity (Wildman–Crippen MR) is 73.4 cm³/mol. The molecule has 20 heavy (non-hydrogen) atoms. The van der Waals surface area contributed by atoms with Crippen LogP contribution in [0.4, 0.5) is 4.39 Å². The van der Waals surface area contributed by atoms with E-state index in [1.807, 2.05) is 26.0 Å². The first kappa shape index (κ1) is 14.1. The molecular formula is C16H15FO3. The quantitative estimate of drug-likeness (QED) is 0.633. The molecular weight excluding hydrogens is 259 g/mol. The molecule has 0 unspecified atom stereocenters. The molecule has 0 N–H and O–H groups in total. The van der Waals surface area contributed by atoms with Gasteiger partial charge in [0.15, 0.2) is 18.2 Å². The molecule has 0 aromatic heterocycles. The lowest BCUT2D eigenvalue weighted by Gasteiger charge is -2.09. The summed E-state index contributed by atoms with van der Waals surface area (Å²) in [5.41, 5.74) is 1.95. The van der Waals surface area contributed by atoms with Crippen molar-refractivity contribution in [2.75, 3.05) is 6.61 Å². The lowest BCUT2D eigenvalue weighted by atomic mass is 10.1. The largest absolute Gasteiger partial charge is 0.479 e. The summed E-state index contributed by atoms with van der Waals surface area (Å²) in [5.74, 6) is -0.560. The van der Waals surface area contributed by atoms with E-state index in [2.05, 4.69) is 0 Å². The van der Waals surface area contributed by atoms with Crippen LogP contribution in [0.2, 0.25) is 0 Å². The fraction of sp³-hybridized carbons (Fsp3) is 0.188. The van der Waals surface area contributed by atoms with Crippen molar-refractivity contribution in [3.05, 3.63) is 59.4 Å². The Labute approximate surface area is 117 Å². The smallest absolute Gasteiger partial charge is 0.349 e. The van der Waals surface area contributed by atoms with Crippen LogP contribution in [0, 0.1) is 19.7 Å². The van der Waals surface area contributed by atoms with Crippen molar-refractivity contribution in [1.82, 2.24) is 0 Å². The number of rotatable bonds is 4. The average Bonchev–Trinajstić information content (AvgIpc) is 2.41. The van der Waals surface area contributed by atoms with Crippen LogP contribution in [0.1, 0.15) is 11.1 Å². The van der Waals surface area contributed by atoms with E-state index >= 15 is 0 Å². The number of carbonyl (C=O) groups is 1. The highest BCUT2D eigenvalue weighted by Gasteiger charge is 2.10. The van der Waals surface area contributed by atoms with Gasteiger partial charge in [0.1, 0.15) is 5.75 Å². The van der Waals surface area contributed by atoms with Gasteiger partial charge in [-0.15, -0.1) is 0 Å². The van der Waals surface area contributed by atoms with Crippen LogP contribution in [-0.4, -0.2) is 12.6 Å². The Kier molecular flexibility index (Phi) is 4.35. The molecule has 0 fully saturated rings. The molecule has 0 saturated carbocycles. The molecule has 4 heteroatoms. The molecule has 0 saturated heterocycles. The zero-order valence-electron chi connectivity index (χ0n) is 11.4. The number of para-hydroxylation sites is 1. The van der Waals surface area contributed by atoms with Gasteiger partial charge in [-0.2, -0.15) is 0 Å². The number of benzene rings is 2. The standard InChI is InChI=1S/C16H15FO3/c1-11-7-8-14(12(2)9-11)20-16(18)10-19-15-6-4-3-5-13(15)17/h3-9H,10H2,1-2H3. The molecule has 0 aliphatic rings. The molecule has 0 bridgehead atoms. The van der Waals surface area contributed by atoms with E-state index in [0.29, 0.717) is 5.75 Å². The second kappa shape index (κ2) is 6.19. The van der Waals surface area contributed by atoms with Crippen molar-refractivity contribution in [2.45, 2.75) is 13.8 Å². The first-order chi connectivity index (χ1) is 9.56. The summed E-state index contributed by atoms with van der Waals surface area (Å²) in [7, 11) is 0. The minimum absolute atomic E-state index is 0.0325. The van der Waals surface area contributed by atoms with Gasteiger partial charge in [0, 0.05) is 0 Å². The molecule has 0 radical (unpaired) electrons. The maximum Gasteiger partial charge on any atom is 0.349 e. The Balaban J connectivity index is 1.94. The molecule has 0 atom stereocenters. The third-order valence-corrected chi connectivity index (χ3v) is 2.74. The monoisotopic (exact) mass is 274 g/mol. The third-order valence-electron chi connectivity index (χ3n) is 2.74. The van der Waals surface area contributed by atoms with Crippen LogP contribution in [0.3, 0.4) is 0 Å². The normalized spacial score (nSPS) is 10.2. The van der Waals surface area contributed by atoms with Crippen LogP contribution < -0.4 is 9.47 Å². The van der Waals surface area contributed by atoms with Crippen LogP contribution in [0.15, 0.2) is 42.5 Å². The first-order valence-electron chi connectivity index (χ1n) is 6.21. The Morgan fingerprint density at radius 3 is 2.55 bits per heavy atom. The number of hydrogen-bond donors (Lipinski definition) is 0. The summed E-state index contributed by atoms with van der Waals surface area (Å²) in [4.78, 5) is 11.7. The van der Waals surface area contributed by atoms with Gasteiger partial charge >= 0.3 is 5.97 Å². The summed E-state index contributed by atoms with van der Waals surface area (Å²) >= 11 is 0. The van der Waals surface area contributed by atoms with Crippen molar-refractivity contribution in [1.29, 1.82) is 0 Å². The van der Waals surface area contributed by atoms with Gasteiger partial charge in [-0.25, -0.2) is 9.18 Å². The Hall–Kier alpha value is -2.36. The molecule has 0 aliphatic carbocycles. The van der Waals surface area contributed by atoms with Crippen molar-refractivity contribution in [3.63, 3.8) is 0 Å². The zero-order chi connectivity index (χ0) is 14.5. The maximum absolute atomic E-state index is 13.3.